The molecule has 2 aliphatic carbocycles. The number of hydrogen-bond donors (Lipinski definition) is 0. The molecule has 2 aliphatic heterocycles. The summed E-state index contributed by atoms with van der Waals surface area (Å²) in [6, 6.07) is 18.5. The summed E-state index contributed by atoms with van der Waals surface area (Å²) in [4.78, 5) is 64.4. The maximum absolute atomic E-state index is 15.6. The quantitative estimate of drug-likeness (QED) is 0.0326. The maximum atomic E-state index is 15.6. The van der Waals surface area contributed by atoms with Crippen LogP contribution in [0.2, 0.25) is 0 Å². The second kappa shape index (κ2) is 19.9. The highest BCUT2D eigenvalue weighted by Crippen LogP contribution is 2.63. The molecule has 0 radical (unpaired) electrons. The van der Waals surface area contributed by atoms with Crippen molar-refractivity contribution >= 4 is 58.5 Å². The number of halogens is 6. The Labute approximate surface area is 415 Å². The highest BCUT2D eigenvalue weighted by molar-refractivity contribution is 6.68. The van der Waals surface area contributed by atoms with Gasteiger partial charge in [0.1, 0.15) is 23.9 Å². The largest absolute Gasteiger partial charge is 0.497 e. The average Bonchev–Trinajstić information content (AvgIpc) is 4.07. The normalized spacial score (nSPS) is 19.5. The molecule has 1 spiro atoms. The summed E-state index contributed by atoms with van der Waals surface area (Å²) in [5, 5.41) is 9.91. The molecule has 15 nitrogen and oxygen atoms in total. The summed E-state index contributed by atoms with van der Waals surface area (Å²) < 4.78 is 68.2. The summed E-state index contributed by atoms with van der Waals surface area (Å²) in [5.74, 6) is -3.64. The fourth-order valence-corrected chi connectivity index (χ4v) is 9.55. The van der Waals surface area contributed by atoms with Gasteiger partial charge in [-0.05, 0) is 110 Å². The molecule has 3 amide bonds. The number of allylic oxidation sites excluding steroid dienone is 1. The Morgan fingerprint density at radius 1 is 0.871 bits per heavy atom. The Kier molecular flexibility index (Phi) is 14.3. The van der Waals surface area contributed by atoms with Gasteiger partial charge in [0, 0.05) is 42.7 Å². The second-order valence-electron chi connectivity index (χ2n) is 18.1. The molecule has 0 aromatic heterocycles. The van der Waals surface area contributed by atoms with Gasteiger partial charge < -0.3 is 38.3 Å². The van der Waals surface area contributed by atoms with Gasteiger partial charge in [-0.1, -0.05) is 71.2 Å². The highest BCUT2D eigenvalue weighted by atomic mass is 35.6. The van der Waals surface area contributed by atoms with Crippen LogP contribution in [0.15, 0.2) is 84.4 Å². The van der Waals surface area contributed by atoms with Gasteiger partial charge in [-0.3, -0.25) is 9.69 Å². The van der Waals surface area contributed by atoms with Crippen molar-refractivity contribution < 1.29 is 61.2 Å². The van der Waals surface area contributed by atoms with Crippen LogP contribution in [0.1, 0.15) is 61.8 Å². The molecule has 0 N–H and O–H groups in total. The topological polar surface area (TPSA) is 159 Å². The molecule has 2 saturated heterocycles. The lowest BCUT2D eigenvalue weighted by Crippen LogP contribution is -2.72. The van der Waals surface area contributed by atoms with Crippen molar-refractivity contribution in [1.29, 1.82) is 0 Å². The maximum Gasteiger partial charge on any atom is 0.415 e. The third kappa shape index (κ3) is 10.2. The molecular formula is C49H48Cl3F3N4O11. The van der Waals surface area contributed by atoms with Gasteiger partial charge in [-0.25, -0.2) is 18.4 Å². The van der Waals surface area contributed by atoms with Gasteiger partial charge in [-0.15, -0.1) is 10.1 Å². The number of hydrogen-bond acceptors (Lipinski definition) is 11. The van der Waals surface area contributed by atoms with Gasteiger partial charge in [0.25, 0.3) is 11.0 Å². The minimum atomic E-state index is -2.06. The molecule has 4 aromatic carbocycles. The van der Waals surface area contributed by atoms with Crippen LogP contribution in [0.3, 0.4) is 0 Å². The van der Waals surface area contributed by atoms with Crippen LogP contribution in [0, 0.1) is 33.0 Å². The van der Waals surface area contributed by atoms with Crippen LogP contribution in [-0.2, 0) is 33.9 Å². The fraction of sp³-hybridized carbons (Fsp3) is 0.408. The summed E-state index contributed by atoms with van der Waals surface area (Å²) in [6.45, 7) is 2.59. The van der Waals surface area contributed by atoms with Gasteiger partial charge in [0.15, 0.2) is 23.0 Å². The van der Waals surface area contributed by atoms with E-state index in [2.05, 4.69) is 4.84 Å². The molecule has 70 heavy (non-hydrogen) atoms. The zero-order valence-corrected chi connectivity index (χ0v) is 40.6. The predicted molar refractivity (Wildman–Crippen MR) is 250 cm³/mol. The number of carbonyl (C=O) groups excluding carboxylic acids is 3. The first-order chi connectivity index (χ1) is 33.2. The number of ether oxygens (including phenoxy) is 5. The predicted octanol–water partition coefficient (Wildman–Crippen LogP) is 10.0. The van der Waals surface area contributed by atoms with Crippen LogP contribution < -0.4 is 18.9 Å². The number of benzene rings is 4. The number of aryl methyl sites for hydroxylation is 1. The minimum absolute atomic E-state index is 0.0299. The molecule has 21 heteroatoms. The molecular weight excluding hydrogens is 984 g/mol. The van der Waals surface area contributed by atoms with Gasteiger partial charge in [0.2, 0.25) is 9.61 Å². The van der Waals surface area contributed by atoms with Gasteiger partial charge in [0.05, 0.1) is 32.9 Å². The average molecular weight is 1030 g/mol. The standard InChI is InChI=1S/C49H48Cl3F3N4O11/c1-47(2,49(50,51)52)70-46(62)58-39-25-56(45(61)69-33-9-5-7-29(19-33)26-68-59(63)64)27-48(39)23-36(31-12-10-28(11-13-31)8-6-18-67-42-38(54)17-16-37(53)41(42)55)40(43(48)58)44(60)57(32-14-15-32)24-30-20-34(65-3)22-35(21-30)66-4/h5,7,9-13,16-17,19-22,32,39,43H,6,8,14-15,18,23-27H2,1-4H3. The number of amides is 3. The zero-order valence-electron chi connectivity index (χ0n) is 38.4. The van der Waals surface area contributed by atoms with E-state index in [-0.39, 0.29) is 57.0 Å². The Balaban J connectivity index is 1.15. The van der Waals surface area contributed by atoms with E-state index < -0.39 is 67.4 Å². The van der Waals surface area contributed by atoms with Crippen LogP contribution >= 0.6 is 34.8 Å². The van der Waals surface area contributed by atoms with Crippen molar-refractivity contribution in [2.24, 2.45) is 5.41 Å². The Morgan fingerprint density at radius 2 is 1.54 bits per heavy atom. The van der Waals surface area contributed by atoms with Crippen LogP contribution in [0.25, 0.3) is 5.57 Å². The van der Waals surface area contributed by atoms with Crippen LogP contribution in [0.4, 0.5) is 22.8 Å². The molecule has 2 heterocycles. The monoisotopic (exact) mass is 1030 g/mol. The number of likely N-dealkylation sites (tertiary alicyclic amines) is 2. The first kappa shape index (κ1) is 50.3. The summed E-state index contributed by atoms with van der Waals surface area (Å²) in [5.41, 5.74) is 0.957. The lowest BCUT2D eigenvalue weighted by Gasteiger charge is -2.57. The van der Waals surface area contributed by atoms with Crippen molar-refractivity contribution in [3.05, 3.63) is 134 Å². The number of carbonyl (C=O) groups is 3. The number of alkyl halides is 3. The third-order valence-corrected chi connectivity index (χ3v) is 14.5. The fourth-order valence-electron chi connectivity index (χ4n) is 9.43. The molecule has 3 atom stereocenters. The first-order valence-corrected chi connectivity index (χ1v) is 23.4. The summed E-state index contributed by atoms with van der Waals surface area (Å²) >= 11 is 18.9. The first-order valence-electron chi connectivity index (χ1n) is 22.3. The smallest absolute Gasteiger partial charge is 0.415 e. The minimum Gasteiger partial charge on any atom is -0.497 e. The molecule has 372 valence electrons. The van der Waals surface area contributed by atoms with E-state index in [9.17, 15) is 32.9 Å². The lowest BCUT2D eigenvalue weighted by molar-refractivity contribution is -0.763. The second-order valence-corrected chi connectivity index (χ2v) is 20.4. The van der Waals surface area contributed by atoms with Crippen molar-refractivity contribution in [2.45, 2.75) is 86.6 Å². The summed E-state index contributed by atoms with van der Waals surface area (Å²) in [6.07, 6.45) is 0.785. The highest BCUT2D eigenvalue weighted by Gasteiger charge is 2.73. The van der Waals surface area contributed by atoms with E-state index in [0.717, 1.165) is 30.0 Å². The molecule has 8 rings (SSSR count). The number of nitrogens with zero attached hydrogens (tertiary/aromatic N) is 4. The van der Waals surface area contributed by atoms with E-state index in [0.29, 0.717) is 52.7 Å². The number of rotatable bonds is 17. The Hall–Kier alpha value is -6.11. The van der Waals surface area contributed by atoms with E-state index >= 15 is 4.79 Å². The Bertz CT molecular complexity index is 2700. The summed E-state index contributed by atoms with van der Waals surface area (Å²) in [7, 11) is 3.06. The molecule has 4 aromatic rings. The molecule has 3 fully saturated rings. The molecule has 0 bridgehead atoms. The molecule has 4 aliphatic rings. The van der Waals surface area contributed by atoms with Crippen LogP contribution in [0.5, 0.6) is 23.0 Å². The van der Waals surface area contributed by atoms with E-state index in [1.54, 1.807) is 23.1 Å². The molecule has 1 saturated carbocycles. The van der Waals surface area contributed by atoms with Crippen molar-refractivity contribution in [1.82, 2.24) is 14.7 Å². The van der Waals surface area contributed by atoms with Gasteiger partial charge >= 0.3 is 12.2 Å². The van der Waals surface area contributed by atoms with Crippen molar-refractivity contribution in [3.8, 4) is 23.0 Å². The van der Waals surface area contributed by atoms with Crippen LogP contribution in [-0.4, -0.2) is 99.3 Å². The van der Waals surface area contributed by atoms with E-state index in [4.69, 9.17) is 58.5 Å². The zero-order chi connectivity index (χ0) is 50.3. The molecule has 3 unspecified atom stereocenters. The van der Waals surface area contributed by atoms with Crippen molar-refractivity contribution in [2.75, 3.05) is 33.9 Å². The SMILES string of the molecule is COc1cc(CN(C(=O)C2=C(c3ccc(CCCOc4c(F)ccc(F)c4F)cc3)CC34CN(C(=O)Oc5cccc(CO[N+](=O)[O-])c5)CC3N(C(=O)OC(C)(C)C(Cl)(Cl)Cl)C24)C2CC2)cc(OC)c1. The lowest BCUT2D eigenvalue weighted by atomic mass is 9.66. The van der Waals surface area contributed by atoms with Gasteiger partial charge in [-0.2, -0.15) is 4.39 Å². The van der Waals surface area contributed by atoms with E-state index in [1.165, 1.54) is 50.0 Å². The Morgan fingerprint density at radius 3 is 2.19 bits per heavy atom. The number of methoxy groups -OCH3 is 2. The van der Waals surface area contributed by atoms with Crippen molar-refractivity contribution in [3.63, 3.8) is 0 Å². The third-order valence-electron chi connectivity index (χ3n) is 13.1. The van der Waals surface area contributed by atoms with E-state index in [1.807, 2.05) is 36.4 Å².